The molecule has 0 aromatic heterocycles. The molecule has 0 saturated carbocycles. The standard InChI is InChI=1S/C63H112O6/c1-4-7-10-13-16-19-22-25-28-30-31-33-35-38-41-44-47-50-53-56-62(65)68-59-60(58-67-61(64)55-52-49-46-43-40-37-34-27-24-21-18-15-12-9-6-3)69-63(66)57-54-51-48-45-42-39-36-32-29-26-23-20-17-14-11-8-5-2/h9,12,15,17-18,20-21,24,26,29,60H,4-8,10-11,13-14,16,19,22-23,25,27-28,30-59H2,1-3H3/b12-9-,18-15-,20-17-,24-21-,29-26-. The van der Waals surface area contributed by atoms with Crippen LogP contribution in [-0.4, -0.2) is 37.2 Å². The van der Waals surface area contributed by atoms with Gasteiger partial charge in [-0.2, -0.15) is 0 Å². The van der Waals surface area contributed by atoms with Crippen molar-refractivity contribution in [3.8, 4) is 0 Å². The lowest BCUT2D eigenvalue weighted by atomic mass is 10.0. The van der Waals surface area contributed by atoms with E-state index in [0.717, 1.165) is 83.5 Å². The Balaban J connectivity index is 4.36. The molecule has 0 heterocycles. The summed E-state index contributed by atoms with van der Waals surface area (Å²) in [6, 6.07) is 0. The van der Waals surface area contributed by atoms with Crippen molar-refractivity contribution in [3.05, 3.63) is 60.8 Å². The Labute approximate surface area is 428 Å². The lowest BCUT2D eigenvalue weighted by molar-refractivity contribution is -0.167. The zero-order valence-corrected chi connectivity index (χ0v) is 45.8. The molecule has 0 N–H and O–H groups in total. The summed E-state index contributed by atoms with van der Waals surface area (Å²) in [5.74, 6) is -0.884. The van der Waals surface area contributed by atoms with Crippen LogP contribution in [0.4, 0.5) is 0 Å². The van der Waals surface area contributed by atoms with Crippen LogP contribution in [0.15, 0.2) is 60.8 Å². The summed E-state index contributed by atoms with van der Waals surface area (Å²) in [5.41, 5.74) is 0. The van der Waals surface area contributed by atoms with Crippen molar-refractivity contribution < 1.29 is 28.6 Å². The van der Waals surface area contributed by atoms with Gasteiger partial charge in [-0.05, 0) is 70.6 Å². The predicted molar refractivity (Wildman–Crippen MR) is 298 cm³/mol. The monoisotopic (exact) mass is 965 g/mol. The van der Waals surface area contributed by atoms with Gasteiger partial charge in [-0.15, -0.1) is 0 Å². The van der Waals surface area contributed by atoms with Crippen molar-refractivity contribution in [2.45, 2.75) is 309 Å². The number of rotatable bonds is 54. The van der Waals surface area contributed by atoms with Crippen LogP contribution in [0.25, 0.3) is 0 Å². The zero-order valence-electron chi connectivity index (χ0n) is 45.8. The molecule has 0 radical (unpaired) electrons. The van der Waals surface area contributed by atoms with E-state index in [1.165, 1.54) is 180 Å². The van der Waals surface area contributed by atoms with Gasteiger partial charge in [0, 0.05) is 19.3 Å². The van der Waals surface area contributed by atoms with E-state index in [0.29, 0.717) is 19.3 Å². The first-order valence-corrected chi connectivity index (χ1v) is 29.8. The van der Waals surface area contributed by atoms with Gasteiger partial charge in [0.05, 0.1) is 0 Å². The Morgan fingerprint density at radius 2 is 0.623 bits per heavy atom. The smallest absolute Gasteiger partial charge is 0.306 e. The first-order valence-electron chi connectivity index (χ1n) is 29.8. The molecular formula is C63H112O6. The van der Waals surface area contributed by atoms with Crippen LogP contribution in [0.3, 0.4) is 0 Å². The SMILES string of the molecule is CC\C=C/C=C\C=C/CCCCCCCCCC(=O)OCC(COC(=O)CCCCCCCCCCCCCCCCCCCCC)OC(=O)CCCCCCCCC/C=C\C/C=C\CCCCC. The Morgan fingerprint density at radius 1 is 0.319 bits per heavy atom. The molecule has 69 heavy (non-hydrogen) atoms. The number of esters is 3. The van der Waals surface area contributed by atoms with E-state index >= 15 is 0 Å². The van der Waals surface area contributed by atoms with E-state index in [2.05, 4.69) is 81.5 Å². The molecular weight excluding hydrogens is 853 g/mol. The first kappa shape index (κ1) is 66.1. The second-order valence-electron chi connectivity index (χ2n) is 19.9. The Bertz CT molecular complexity index is 1250. The van der Waals surface area contributed by atoms with Crippen molar-refractivity contribution in [1.82, 2.24) is 0 Å². The van der Waals surface area contributed by atoms with Gasteiger partial charge in [-0.25, -0.2) is 0 Å². The van der Waals surface area contributed by atoms with E-state index in [1.807, 2.05) is 0 Å². The van der Waals surface area contributed by atoms with Crippen molar-refractivity contribution in [2.24, 2.45) is 0 Å². The fourth-order valence-corrected chi connectivity index (χ4v) is 8.59. The number of unbranched alkanes of at least 4 members (excludes halogenated alkanes) is 35. The van der Waals surface area contributed by atoms with Crippen LogP contribution in [0.5, 0.6) is 0 Å². The van der Waals surface area contributed by atoms with E-state index in [4.69, 9.17) is 14.2 Å². The largest absolute Gasteiger partial charge is 0.462 e. The van der Waals surface area contributed by atoms with Crippen molar-refractivity contribution in [2.75, 3.05) is 13.2 Å². The quantitative estimate of drug-likeness (QED) is 0.0199. The number of allylic oxidation sites excluding steroid dienone is 10. The van der Waals surface area contributed by atoms with Crippen molar-refractivity contribution >= 4 is 17.9 Å². The van der Waals surface area contributed by atoms with Gasteiger partial charge in [-0.3, -0.25) is 14.4 Å². The highest BCUT2D eigenvalue weighted by molar-refractivity contribution is 5.71. The number of hydrogen-bond acceptors (Lipinski definition) is 6. The van der Waals surface area contributed by atoms with Crippen LogP contribution >= 0.6 is 0 Å². The Kier molecular flexibility index (Phi) is 55.3. The minimum absolute atomic E-state index is 0.0787. The zero-order chi connectivity index (χ0) is 50.0. The summed E-state index contributed by atoms with van der Waals surface area (Å²) < 4.78 is 16.9. The van der Waals surface area contributed by atoms with Crippen LogP contribution < -0.4 is 0 Å². The summed E-state index contributed by atoms with van der Waals surface area (Å²) in [7, 11) is 0. The maximum atomic E-state index is 12.9. The van der Waals surface area contributed by atoms with E-state index in [1.54, 1.807) is 0 Å². The van der Waals surface area contributed by atoms with Crippen LogP contribution in [0, 0.1) is 0 Å². The maximum Gasteiger partial charge on any atom is 0.306 e. The van der Waals surface area contributed by atoms with Gasteiger partial charge in [0.1, 0.15) is 13.2 Å². The normalized spacial score (nSPS) is 12.4. The molecule has 0 aromatic rings. The summed E-state index contributed by atoms with van der Waals surface area (Å²) in [5, 5.41) is 0. The lowest BCUT2D eigenvalue weighted by Crippen LogP contribution is -2.30. The van der Waals surface area contributed by atoms with Gasteiger partial charge < -0.3 is 14.2 Å². The van der Waals surface area contributed by atoms with E-state index < -0.39 is 6.10 Å². The molecule has 0 aromatic carbocycles. The molecule has 0 fully saturated rings. The highest BCUT2D eigenvalue weighted by Gasteiger charge is 2.19. The fourth-order valence-electron chi connectivity index (χ4n) is 8.59. The average molecular weight is 966 g/mol. The number of carbonyl (C=O) groups is 3. The summed E-state index contributed by atoms with van der Waals surface area (Å²) in [6.45, 7) is 6.51. The van der Waals surface area contributed by atoms with Crippen molar-refractivity contribution in [3.63, 3.8) is 0 Å². The molecule has 0 rings (SSSR count). The molecule has 0 aliphatic heterocycles. The molecule has 1 atom stereocenters. The lowest BCUT2D eigenvalue weighted by Gasteiger charge is -2.18. The molecule has 0 amide bonds. The van der Waals surface area contributed by atoms with Gasteiger partial charge in [0.2, 0.25) is 0 Å². The third-order valence-electron chi connectivity index (χ3n) is 13.1. The minimum Gasteiger partial charge on any atom is -0.462 e. The Morgan fingerprint density at radius 3 is 1.01 bits per heavy atom. The first-order chi connectivity index (χ1) is 34.0. The molecule has 0 aliphatic carbocycles. The molecule has 6 nitrogen and oxygen atoms in total. The topological polar surface area (TPSA) is 78.9 Å². The van der Waals surface area contributed by atoms with E-state index in [-0.39, 0.29) is 31.1 Å². The predicted octanol–water partition coefficient (Wildman–Crippen LogP) is 20.0. The fraction of sp³-hybridized carbons (Fsp3) is 0.794. The van der Waals surface area contributed by atoms with Crippen LogP contribution in [-0.2, 0) is 28.6 Å². The van der Waals surface area contributed by atoms with Gasteiger partial charge >= 0.3 is 17.9 Å². The minimum atomic E-state index is -0.782. The van der Waals surface area contributed by atoms with Gasteiger partial charge in [0.15, 0.2) is 6.10 Å². The van der Waals surface area contributed by atoms with E-state index in [9.17, 15) is 14.4 Å². The highest BCUT2D eigenvalue weighted by Crippen LogP contribution is 2.17. The van der Waals surface area contributed by atoms with Gasteiger partial charge in [-0.1, -0.05) is 274 Å². The molecule has 1 unspecified atom stereocenters. The molecule has 400 valence electrons. The third-order valence-corrected chi connectivity index (χ3v) is 13.1. The van der Waals surface area contributed by atoms with Crippen LogP contribution in [0.2, 0.25) is 0 Å². The summed E-state index contributed by atoms with van der Waals surface area (Å²) in [6.07, 6.45) is 72.1. The molecule has 0 saturated heterocycles. The summed E-state index contributed by atoms with van der Waals surface area (Å²) >= 11 is 0. The summed E-state index contributed by atoms with van der Waals surface area (Å²) in [4.78, 5) is 38.2. The van der Waals surface area contributed by atoms with Gasteiger partial charge in [0.25, 0.3) is 0 Å². The second kappa shape index (κ2) is 57.7. The molecule has 0 bridgehead atoms. The maximum absolute atomic E-state index is 12.9. The number of carbonyl (C=O) groups excluding carboxylic acids is 3. The third kappa shape index (κ3) is 55.9. The Hall–Kier alpha value is -2.89. The molecule has 6 heteroatoms. The molecule has 0 spiro atoms. The highest BCUT2D eigenvalue weighted by atomic mass is 16.6. The van der Waals surface area contributed by atoms with Crippen LogP contribution in [0.1, 0.15) is 303 Å². The second-order valence-corrected chi connectivity index (χ2v) is 19.9. The number of hydrogen-bond donors (Lipinski definition) is 0. The number of ether oxygens (including phenoxy) is 3. The van der Waals surface area contributed by atoms with Crippen molar-refractivity contribution in [1.29, 1.82) is 0 Å². The molecule has 0 aliphatic rings. The average Bonchev–Trinajstić information content (AvgIpc) is 3.35.